The first-order valence-corrected chi connectivity index (χ1v) is 11.1. The van der Waals surface area contributed by atoms with Gasteiger partial charge in [0.1, 0.15) is 5.75 Å². The molecule has 0 aromatic heterocycles. The lowest BCUT2D eigenvalue weighted by Crippen LogP contribution is -2.34. The zero-order valence-corrected chi connectivity index (χ0v) is 20.9. The summed E-state index contributed by atoms with van der Waals surface area (Å²) in [7, 11) is 4.34. The Hall–Kier alpha value is -4.86. The van der Waals surface area contributed by atoms with Crippen LogP contribution in [-0.2, 0) is 4.79 Å². The molecule has 0 fully saturated rings. The number of rotatable bonds is 10. The van der Waals surface area contributed by atoms with Gasteiger partial charge in [-0.1, -0.05) is 18.2 Å². The van der Waals surface area contributed by atoms with E-state index in [4.69, 9.17) is 18.9 Å². The molecular weight excluding hydrogens is 478 g/mol. The predicted molar refractivity (Wildman–Crippen MR) is 137 cm³/mol. The Morgan fingerprint density at radius 2 is 1.54 bits per heavy atom. The minimum absolute atomic E-state index is 0.231. The molecule has 0 radical (unpaired) electrons. The molecule has 3 aromatic rings. The number of hydrogen-bond donors (Lipinski definition) is 2. The van der Waals surface area contributed by atoms with E-state index in [0.717, 1.165) is 5.56 Å². The topological polar surface area (TPSA) is 125 Å². The fraction of sp³-hybridized carbons (Fsp3) is 0.185. The average Bonchev–Trinajstić information content (AvgIpc) is 2.91. The largest absolute Gasteiger partial charge is 0.493 e. The van der Waals surface area contributed by atoms with Crippen molar-refractivity contribution in [1.29, 1.82) is 0 Å². The molecule has 0 unspecified atom stereocenters. The van der Waals surface area contributed by atoms with Crippen molar-refractivity contribution in [2.24, 2.45) is 5.10 Å². The van der Waals surface area contributed by atoms with Crippen LogP contribution in [0.3, 0.4) is 0 Å². The summed E-state index contributed by atoms with van der Waals surface area (Å²) in [6.45, 7) is 1.53. The van der Waals surface area contributed by atoms with Gasteiger partial charge >= 0.3 is 5.97 Å². The number of amides is 2. The zero-order chi connectivity index (χ0) is 26.8. The molecule has 2 N–H and O–H groups in total. The minimum atomic E-state index is -0.527. The van der Waals surface area contributed by atoms with Crippen molar-refractivity contribution in [2.45, 2.75) is 6.92 Å². The van der Waals surface area contributed by atoms with Gasteiger partial charge in [-0.25, -0.2) is 10.2 Å². The summed E-state index contributed by atoms with van der Waals surface area (Å²) < 4.78 is 21.1. The van der Waals surface area contributed by atoms with Crippen LogP contribution >= 0.6 is 0 Å². The van der Waals surface area contributed by atoms with E-state index in [0.29, 0.717) is 34.1 Å². The Morgan fingerprint density at radius 3 is 2.14 bits per heavy atom. The number of carbonyl (C=O) groups is 3. The summed E-state index contributed by atoms with van der Waals surface area (Å²) >= 11 is 0. The van der Waals surface area contributed by atoms with Crippen LogP contribution in [-0.4, -0.2) is 51.9 Å². The van der Waals surface area contributed by atoms with E-state index in [-0.39, 0.29) is 12.1 Å². The molecule has 0 heterocycles. The maximum absolute atomic E-state index is 12.5. The number of carbonyl (C=O) groups excluding carboxylic acids is 3. The Labute approximate surface area is 214 Å². The van der Waals surface area contributed by atoms with Gasteiger partial charge in [-0.15, -0.1) is 0 Å². The first-order chi connectivity index (χ1) is 17.9. The molecule has 3 aromatic carbocycles. The van der Waals surface area contributed by atoms with E-state index in [1.54, 1.807) is 36.4 Å². The first kappa shape index (κ1) is 26.7. The van der Waals surface area contributed by atoms with E-state index < -0.39 is 17.8 Å². The number of ether oxygens (including phenoxy) is 4. The van der Waals surface area contributed by atoms with Crippen LogP contribution in [0, 0.1) is 6.92 Å². The third-order valence-electron chi connectivity index (χ3n) is 5.19. The molecule has 37 heavy (non-hydrogen) atoms. The van der Waals surface area contributed by atoms with Crippen LogP contribution in [0.2, 0.25) is 0 Å². The standard InChI is InChI=1S/C27H27N3O7/c1-17-7-5-6-8-21(17)27(33)37-20-11-9-18(10-12-20)15-29-30-24(31)16-28-26(32)19-13-22(34-2)25(36-4)23(14-19)35-3/h5-15H,16H2,1-4H3,(H,28,32)(H,30,31). The van der Waals surface area contributed by atoms with Gasteiger partial charge in [-0.05, 0) is 60.5 Å². The molecule has 0 aliphatic heterocycles. The van der Waals surface area contributed by atoms with Crippen LogP contribution in [0.15, 0.2) is 65.8 Å². The maximum Gasteiger partial charge on any atom is 0.343 e. The van der Waals surface area contributed by atoms with Crippen molar-refractivity contribution in [3.63, 3.8) is 0 Å². The highest BCUT2D eigenvalue weighted by atomic mass is 16.5. The maximum atomic E-state index is 12.5. The van der Waals surface area contributed by atoms with Gasteiger partial charge in [0.05, 0.1) is 39.7 Å². The van der Waals surface area contributed by atoms with Gasteiger partial charge in [0, 0.05) is 5.56 Å². The summed E-state index contributed by atoms with van der Waals surface area (Å²) in [4.78, 5) is 36.9. The van der Waals surface area contributed by atoms with Crippen LogP contribution in [0.5, 0.6) is 23.0 Å². The molecule has 0 saturated carbocycles. The Balaban J connectivity index is 1.50. The molecular formula is C27H27N3O7. The second kappa shape index (κ2) is 12.7. The number of esters is 1. The number of nitrogens with one attached hydrogen (secondary N) is 2. The molecule has 0 bridgehead atoms. The lowest BCUT2D eigenvalue weighted by atomic mass is 10.1. The SMILES string of the molecule is COc1cc(C(=O)NCC(=O)NN=Cc2ccc(OC(=O)c3ccccc3C)cc2)cc(OC)c1OC. The number of hydrogen-bond acceptors (Lipinski definition) is 8. The molecule has 0 saturated heterocycles. The second-order valence-electron chi connectivity index (χ2n) is 7.66. The third-order valence-corrected chi connectivity index (χ3v) is 5.19. The van der Waals surface area contributed by atoms with Crippen molar-refractivity contribution in [3.8, 4) is 23.0 Å². The summed E-state index contributed by atoms with van der Waals surface area (Å²) in [5, 5.41) is 6.38. The van der Waals surface area contributed by atoms with Gasteiger partial charge in [-0.3, -0.25) is 9.59 Å². The van der Waals surface area contributed by atoms with Crippen molar-refractivity contribution in [3.05, 3.63) is 82.9 Å². The normalized spacial score (nSPS) is 10.5. The van der Waals surface area contributed by atoms with Gasteiger partial charge in [-0.2, -0.15) is 5.10 Å². The van der Waals surface area contributed by atoms with Gasteiger partial charge < -0.3 is 24.3 Å². The lowest BCUT2D eigenvalue weighted by Gasteiger charge is -2.14. The van der Waals surface area contributed by atoms with Gasteiger partial charge in [0.15, 0.2) is 11.5 Å². The van der Waals surface area contributed by atoms with Crippen LogP contribution < -0.4 is 29.7 Å². The highest BCUT2D eigenvalue weighted by Crippen LogP contribution is 2.38. The molecule has 0 aliphatic rings. The third kappa shape index (κ3) is 7.07. The Morgan fingerprint density at radius 1 is 0.892 bits per heavy atom. The molecule has 2 amide bonds. The number of aryl methyl sites for hydroxylation is 1. The molecule has 192 valence electrons. The van der Waals surface area contributed by atoms with E-state index in [9.17, 15) is 14.4 Å². The average molecular weight is 506 g/mol. The minimum Gasteiger partial charge on any atom is -0.493 e. The fourth-order valence-electron chi connectivity index (χ4n) is 3.28. The molecule has 0 atom stereocenters. The first-order valence-electron chi connectivity index (χ1n) is 11.1. The van der Waals surface area contributed by atoms with E-state index in [1.165, 1.54) is 39.7 Å². The number of methoxy groups -OCH3 is 3. The number of nitrogens with zero attached hydrogens (tertiary/aromatic N) is 1. The Bertz CT molecular complexity index is 1280. The Kier molecular flexibility index (Phi) is 9.20. The van der Waals surface area contributed by atoms with Crippen LogP contribution in [0.4, 0.5) is 0 Å². The summed E-state index contributed by atoms with van der Waals surface area (Å²) in [5.74, 6) is -0.112. The number of hydrazone groups is 1. The molecule has 0 aliphatic carbocycles. The smallest absolute Gasteiger partial charge is 0.343 e. The summed E-state index contributed by atoms with van der Waals surface area (Å²) in [6.07, 6.45) is 1.42. The highest BCUT2D eigenvalue weighted by Gasteiger charge is 2.17. The van der Waals surface area contributed by atoms with Crippen LogP contribution in [0.25, 0.3) is 0 Å². The van der Waals surface area contributed by atoms with Gasteiger partial charge in [0.25, 0.3) is 11.8 Å². The number of benzene rings is 3. The quantitative estimate of drug-likeness (QED) is 0.188. The van der Waals surface area contributed by atoms with Gasteiger partial charge in [0.2, 0.25) is 5.75 Å². The zero-order valence-electron chi connectivity index (χ0n) is 20.9. The van der Waals surface area contributed by atoms with E-state index >= 15 is 0 Å². The van der Waals surface area contributed by atoms with Crippen LogP contribution in [0.1, 0.15) is 31.8 Å². The monoisotopic (exact) mass is 505 g/mol. The predicted octanol–water partition coefficient (Wildman–Crippen LogP) is 3.12. The summed E-state index contributed by atoms with van der Waals surface area (Å²) in [5.41, 5.74) is 4.55. The van der Waals surface area contributed by atoms with Crippen molar-refractivity contribution in [1.82, 2.24) is 10.7 Å². The molecule has 10 heteroatoms. The molecule has 10 nitrogen and oxygen atoms in total. The fourth-order valence-corrected chi connectivity index (χ4v) is 3.28. The summed E-state index contributed by atoms with van der Waals surface area (Å²) in [6, 6.07) is 16.7. The molecule has 3 rings (SSSR count). The molecule has 0 spiro atoms. The lowest BCUT2D eigenvalue weighted by molar-refractivity contribution is -0.120. The van der Waals surface area contributed by atoms with Crippen molar-refractivity contribution in [2.75, 3.05) is 27.9 Å². The van der Waals surface area contributed by atoms with Crippen molar-refractivity contribution >= 4 is 24.0 Å². The second-order valence-corrected chi connectivity index (χ2v) is 7.66. The highest BCUT2D eigenvalue weighted by molar-refractivity contribution is 5.97. The van der Waals surface area contributed by atoms with E-state index in [1.807, 2.05) is 19.1 Å². The van der Waals surface area contributed by atoms with Crippen molar-refractivity contribution < 1.29 is 33.3 Å². The van der Waals surface area contributed by atoms with E-state index in [2.05, 4.69) is 15.8 Å².